The molecule has 0 amide bonds. The van der Waals surface area contributed by atoms with Gasteiger partial charge in [-0.25, -0.2) is 0 Å². The van der Waals surface area contributed by atoms with Crippen LogP contribution in [0.4, 0.5) is 0 Å². The highest BCUT2D eigenvalue weighted by atomic mass is 16.6. The molecule has 0 aliphatic carbocycles. The topological polar surface area (TPSA) is 62.2 Å². The van der Waals surface area contributed by atoms with Gasteiger partial charge in [0.25, 0.3) is 0 Å². The third-order valence-corrected chi connectivity index (χ3v) is 3.60. The second-order valence-corrected chi connectivity index (χ2v) is 5.08. The number of hydrogen-bond acceptors (Lipinski definition) is 4. The van der Waals surface area contributed by atoms with Crippen LogP contribution in [0, 0.1) is 5.92 Å². The maximum absolute atomic E-state index is 10.00. The van der Waals surface area contributed by atoms with Crippen LogP contribution in [0.25, 0.3) is 0 Å². The highest BCUT2D eigenvalue weighted by Gasteiger charge is 2.44. The van der Waals surface area contributed by atoms with E-state index in [1.807, 2.05) is 37.3 Å². The fourth-order valence-electron chi connectivity index (χ4n) is 2.22. The van der Waals surface area contributed by atoms with Crippen LogP contribution in [0.5, 0.6) is 0 Å². The number of benzene rings is 1. The maximum Gasteiger partial charge on any atom is 0.108 e. The highest BCUT2D eigenvalue weighted by Crippen LogP contribution is 2.31. The summed E-state index contributed by atoms with van der Waals surface area (Å²) >= 11 is 0. The molecule has 2 N–H and O–H groups in total. The molecule has 1 heterocycles. The first kappa shape index (κ1) is 14.5. The third kappa shape index (κ3) is 4.28. The van der Waals surface area contributed by atoms with E-state index in [1.54, 1.807) is 0 Å². The van der Waals surface area contributed by atoms with Gasteiger partial charge < -0.3 is 19.7 Å². The van der Waals surface area contributed by atoms with Crippen molar-refractivity contribution in [3.8, 4) is 0 Å². The molecule has 2 rings (SSSR count). The van der Waals surface area contributed by atoms with Gasteiger partial charge in [0.2, 0.25) is 0 Å². The highest BCUT2D eigenvalue weighted by molar-refractivity contribution is 5.13. The summed E-state index contributed by atoms with van der Waals surface area (Å²) in [6.45, 7) is 3.08. The largest absolute Gasteiger partial charge is 0.394 e. The summed E-state index contributed by atoms with van der Waals surface area (Å²) < 4.78 is 10.8. The Balaban J connectivity index is 1.60. The molecule has 0 bridgehead atoms. The Kier molecular flexibility index (Phi) is 5.34. The predicted octanol–water partition coefficient (Wildman–Crippen LogP) is 1.35. The Hall–Kier alpha value is -0.940. The number of ether oxygens (including phenoxy) is 2. The van der Waals surface area contributed by atoms with Crippen molar-refractivity contribution in [3.63, 3.8) is 0 Å². The average molecular weight is 266 g/mol. The third-order valence-electron chi connectivity index (χ3n) is 3.60. The lowest BCUT2D eigenvalue weighted by Crippen LogP contribution is -2.25. The zero-order chi connectivity index (χ0) is 13.7. The first-order valence-corrected chi connectivity index (χ1v) is 6.78. The van der Waals surface area contributed by atoms with Crippen molar-refractivity contribution in [2.24, 2.45) is 5.92 Å². The van der Waals surface area contributed by atoms with Gasteiger partial charge in [0.05, 0.1) is 25.4 Å². The van der Waals surface area contributed by atoms with Gasteiger partial charge in [-0.05, 0) is 12.0 Å². The summed E-state index contributed by atoms with van der Waals surface area (Å²) in [6.07, 6.45) is 0.0489. The number of epoxide rings is 1. The predicted molar refractivity (Wildman–Crippen MR) is 71.6 cm³/mol. The average Bonchev–Trinajstić information content (AvgIpc) is 3.23. The standard InChI is InChI=1S/C15H22O4/c1-11(15-14(9-16)19-15)13(17)7-8-18-10-12-5-3-2-4-6-12/h2-6,11,13-17H,7-10H2,1H3/t11-,13-,14+,15+/m0/s1. The molecule has 19 heavy (non-hydrogen) atoms. The van der Waals surface area contributed by atoms with Gasteiger partial charge in [-0.15, -0.1) is 0 Å². The minimum absolute atomic E-state index is 0.00544. The molecule has 0 unspecified atom stereocenters. The minimum atomic E-state index is -0.447. The smallest absolute Gasteiger partial charge is 0.108 e. The van der Waals surface area contributed by atoms with Gasteiger partial charge in [-0.3, -0.25) is 0 Å². The van der Waals surface area contributed by atoms with E-state index in [4.69, 9.17) is 14.6 Å². The van der Waals surface area contributed by atoms with Crippen molar-refractivity contribution in [2.45, 2.75) is 38.3 Å². The molecule has 1 aliphatic rings. The molecule has 0 spiro atoms. The normalized spacial score (nSPS) is 25.0. The molecule has 1 aromatic rings. The number of aliphatic hydroxyl groups is 2. The monoisotopic (exact) mass is 266 g/mol. The second-order valence-electron chi connectivity index (χ2n) is 5.08. The maximum atomic E-state index is 10.00. The van der Waals surface area contributed by atoms with E-state index in [0.717, 1.165) is 5.56 Å². The first-order valence-electron chi connectivity index (χ1n) is 6.78. The summed E-state index contributed by atoms with van der Waals surface area (Å²) in [5.41, 5.74) is 1.14. The molecule has 1 fully saturated rings. The van der Waals surface area contributed by atoms with Gasteiger partial charge in [0.15, 0.2) is 0 Å². The number of aliphatic hydroxyl groups excluding tert-OH is 2. The van der Waals surface area contributed by atoms with Gasteiger partial charge in [0, 0.05) is 12.5 Å². The van der Waals surface area contributed by atoms with Crippen LogP contribution in [0.3, 0.4) is 0 Å². The van der Waals surface area contributed by atoms with Crippen LogP contribution < -0.4 is 0 Å². The Morgan fingerprint density at radius 1 is 1.32 bits per heavy atom. The lowest BCUT2D eigenvalue weighted by atomic mass is 9.97. The van der Waals surface area contributed by atoms with Gasteiger partial charge in [0.1, 0.15) is 6.10 Å². The molecule has 4 atom stereocenters. The fraction of sp³-hybridized carbons (Fsp3) is 0.600. The first-order chi connectivity index (χ1) is 9.22. The Morgan fingerprint density at radius 3 is 2.68 bits per heavy atom. The van der Waals surface area contributed by atoms with E-state index in [9.17, 15) is 5.11 Å². The molecular formula is C15H22O4. The Morgan fingerprint density at radius 2 is 2.05 bits per heavy atom. The summed E-state index contributed by atoms with van der Waals surface area (Å²) in [7, 11) is 0. The zero-order valence-corrected chi connectivity index (χ0v) is 11.2. The molecule has 1 aromatic carbocycles. The Bertz CT molecular complexity index is 368. The molecular weight excluding hydrogens is 244 g/mol. The summed E-state index contributed by atoms with van der Waals surface area (Å²) in [5, 5.41) is 18.9. The van der Waals surface area contributed by atoms with Crippen LogP contribution in [-0.2, 0) is 16.1 Å². The van der Waals surface area contributed by atoms with Crippen molar-refractivity contribution in [3.05, 3.63) is 35.9 Å². The van der Waals surface area contributed by atoms with E-state index in [-0.39, 0.29) is 24.7 Å². The number of hydrogen-bond donors (Lipinski definition) is 2. The molecule has 4 heteroatoms. The van der Waals surface area contributed by atoms with E-state index in [2.05, 4.69) is 0 Å². The van der Waals surface area contributed by atoms with E-state index in [0.29, 0.717) is 19.6 Å². The molecule has 0 saturated carbocycles. The van der Waals surface area contributed by atoms with Crippen molar-refractivity contribution in [1.29, 1.82) is 0 Å². The molecule has 1 aliphatic heterocycles. The molecule has 4 nitrogen and oxygen atoms in total. The van der Waals surface area contributed by atoms with E-state index < -0.39 is 6.10 Å². The van der Waals surface area contributed by atoms with Gasteiger partial charge >= 0.3 is 0 Å². The summed E-state index contributed by atoms with van der Waals surface area (Å²) in [4.78, 5) is 0. The van der Waals surface area contributed by atoms with Crippen LogP contribution >= 0.6 is 0 Å². The summed E-state index contributed by atoms with van der Waals surface area (Å²) in [5.74, 6) is 0.0393. The molecule has 0 aromatic heterocycles. The zero-order valence-electron chi connectivity index (χ0n) is 11.2. The fourth-order valence-corrected chi connectivity index (χ4v) is 2.22. The SMILES string of the molecule is C[C@H]([C@H]1O[C@@H]1CO)[C@@H](O)CCOCc1ccccc1. The van der Waals surface area contributed by atoms with Crippen LogP contribution in [0.2, 0.25) is 0 Å². The molecule has 0 radical (unpaired) electrons. The lowest BCUT2D eigenvalue weighted by molar-refractivity contribution is 0.0420. The van der Waals surface area contributed by atoms with E-state index >= 15 is 0 Å². The second kappa shape index (κ2) is 7.01. The number of rotatable bonds is 8. The lowest BCUT2D eigenvalue weighted by Gasteiger charge is -2.17. The quantitative estimate of drug-likeness (QED) is 0.551. The van der Waals surface area contributed by atoms with Crippen LogP contribution in [-0.4, -0.2) is 41.7 Å². The van der Waals surface area contributed by atoms with Crippen molar-refractivity contribution in [2.75, 3.05) is 13.2 Å². The molecule has 106 valence electrons. The van der Waals surface area contributed by atoms with E-state index in [1.165, 1.54) is 0 Å². The van der Waals surface area contributed by atoms with Gasteiger partial charge in [-0.1, -0.05) is 37.3 Å². The Labute approximate surface area is 114 Å². The molecule has 1 saturated heterocycles. The van der Waals surface area contributed by atoms with Gasteiger partial charge in [-0.2, -0.15) is 0 Å². The van der Waals surface area contributed by atoms with Crippen molar-refractivity contribution < 1.29 is 19.7 Å². The minimum Gasteiger partial charge on any atom is -0.394 e. The summed E-state index contributed by atoms with van der Waals surface area (Å²) in [6, 6.07) is 9.97. The van der Waals surface area contributed by atoms with Crippen molar-refractivity contribution >= 4 is 0 Å². The van der Waals surface area contributed by atoms with Crippen molar-refractivity contribution in [1.82, 2.24) is 0 Å². The van der Waals surface area contributed by atoms with Crippen LogP contribution in [0.1, 0.15) is 18.9 Å². The van der Waals surface area contributed by atoms with Crippen LogP contribution in [0.15, 0.2) is 30.3 Å².